The Morgan fingerprint density at radius 1 is 1.54 bits per heavy atom. The molecule has 0 saturated carbocycles. The van der Waals surface area contributed by atoms with E-state index in [9.17, 15) is 13.2 Å². The highest BCUT2D eigenvalue weighted by atomic mass is 79.9. The lowest BCUT2D eigenvalue weighted by Crippen LogP contribution is -2.27. The first-order valence-electron chi connectivity index (χ1n) is 3.40. The lowest BCUT2D eigenvalue weighted by molar-refractivity contribution is -0.148. The van der Waals surface area contributed by atoms with Gasteiger partial charge >= 0.3 is 6.18 Å². The molecule has 6 heteroatoms. The van der Waals surface area contributed by atoms with Crippen LogP contribution in [0.3, 0.4) is 0 Å². The van der Waals surface area contributed by atoms with Crippen LogP contribution < -0.4 is 5.73 Å². The van der Waals surface area contributed by atoms with Crippen LogP contribution >= 0.6 is 27.3 Å². The third-order valence-corrected chi connectivity index (χ3v) is 4.06. The molecule has 0 amide bonds. The van der Waals surface area contributed by atoms with E-state index in [-0.39, 0.29) is 4.88 Å². The molecule has 2 N–H and O–H groups in total. The average Bonchev–Trinajstić information content (AvgIpc) is 2.30. The summed E-state index contributed by atoms with van der Waals surface area (Å²) in [5, 5.41) is 1.64. The summed E-state index contributed by atoms with van der Waals surface area (Å²) in [7, 11) is 0. The Balaban J connectivity index is 3.02. The van der Waals surface area contributed by atoms with Gasteiger partial charge in [0.1, 0.15) is 6.04 Å². The fraction of sp³-hybridized carbons (Fsp3) is 0.429. The maximum absolute atomic E-state index is 12.2. The van der Waals surface area contributed by atoms with E-state index in [2.05, 4.69) is 15.9 Å². The summed E-state index contributed by atoms with van der Waals surface area (Å²) in [5.41, 5.74) is 5.82. The smallest absolute Gasteiger partial charge is 0.316 e. The van der Waals surface area contributed by atoms with Gasteiger partial charge in [0.25, 0.3) is 0 Å². The molecule has 0 saturated heterocycles. The Morgan fingerprint density at radius 2 is 2.08 bits per heavy atom. The van der Waals surface area contributed by atoms with Crippen molar-refractivity contribution in [2.24, 2.45) is 5.73 Å². The second-order valence-electron chi connectivity index (χ2n) is 2.62. The quantitative estimate of drug-likeness (QED) is 0.834. The van der Waals surface area contributed by atoms with Crippen LogP contribution in [-0.2, 0) is 0 Å². The van der Waals surface area contributed by atoms with Crippen LogP contribution in [0.15, 0.2) is 9.85 Å². The van der Waals surface area contributed by atoms with Crippen LogP contribution in [0.2, 0.25) is 0 Å². The molecule has 1 rings (SSSR count). The van der Waals surface area contributed by atoms with Crippen LogP contribution in [0.1, 0.15) is 16.5 Å². The molecule has 13 heavy (non-hydrogen) atoms. The maximum atomic E-state index is 12.2. The summed E-state index contributed by atoms with van der Waals surface area (Å²) in [5.74, 6) is 0. The number of alkyl halides is 3. The average molecular weight is 274 g/mol. The lowest BCUT2D eigenvalue weighted by Gasteiger charge is -2.14. The molecule has 0 aliphatic heterocycles. The van der Waals surface area contributed by atoms with Crippen LogP contribution in [0, 0.1) is 6.92 Å². The molecule has 0 bridgehead atoms. The van der Waals surface area contributed by atoms with E-state index in [0.717, 1.165) is 16.9 Å². The van der Waals surface area contributed by atoms with Crippen molar-refractivity contribution in [3.05, 3.63) is 20.3 Å². The zero-order valence-corrected chi connectivity index (χ0v) is 9.05. The van der Waals surface area contributed by atoms with E-state index in [1.54, 1.807) is 12.3 Å². The molecule has 1 atom stereocenters. The van der Waals surface area contributed by atoms with E-state index >= 15 is 0 Å². The standard InChI is InChI=1S/C7H7BrF3NS/c1-3-2-13-5(4(3)8)6(12)7(9,10)11/h2,6H,12H2,1H3. The number of rotatable bonds is 1. The fourth-order valence-electron chi connectivity index (χ4n) is 0.808. The molecular formula is C7H7BrF3NS. The van der Waals surface area contributed by atoms with Gasteiger partial charge in [0.15, 0.2) is 0 Å². The first-order valence-corrected chi connectivity index (χ1v) is 5.07. The normalized spacial score (nSPS) is 14.6. The maximum Gasteiger partial charge on any atom is 0.408 e. The Morgan fingerprint density at radius 3 is 2.38 bits per heavy atom. The van der Waals surface area contributed by atoms with E-state index in [1.807, 2.05) is 0 Å². The van der Waals surface area contributed by atoms with Crippen molar-refractivity contribution >= 4 is 27.3 Å². The van der Waals surface area contributed by atoms with Crippen molar-refractivity contribution in [3.8, 4) is 0 Å². The van der Waals surface area contributed by atoms with Gasteiger partial charge in [-0.05, 0) is 33.8 Å². The predicted molar refractivity (Wildman–Crippen MR) is 49.7 cm³/mol. The molecular weight excluding hydrogens is 267 g/mol. The number of thiophene rings is 1. The summed E-state index contributed by atoms with van der Waals surface area (Å²) in [6.45, 7) is 1.73. The predicted octanol–water partition coefficient (Wildman–Crippen LogP) is 3.38. The van der Waals surface area contributed by atoms with Gasteiger partial charge in [0.05, 0.1) is 0 Å². The molecule has 1 nitrogen and oxygen atoms in total. The summed E-state index contributed by atoms with van der Waals surface area (Å²) in [6, 6.07) is -1.89. The molecule has 0 aromatic carbocycles. The van der Waals surface area contributed by atoms with E-state index < -0.39 is 12.2 Å². The van der Waals surface area contributed by atoms with Gasteiger partial charge in [0.2, 0.25) is 0 Å². The third-order valence-electron chi connectivity index (χ3n) is 1.56. The number of nitrogens with two attached hydrogens (primary N) is 1. The Bertz CT molecular complexity index is 307. The van der Waals surface area contributed by atoms with Crippen molar-refractivity contribution in [2.45, 2.75) is 19.1 Å². The minimum absolute atomic E-state index is 0.130. The molecule has 1 aromatic heterocycles. The van der Waals surface area contributed by atoms with Crippen LogP contribution in [0.25, 0.3) is 0 Å². The fourth-order valence-corrected chi connectivity index (χ4v) is 2.57. The van der Waals surface area contributed by atoms with Gasteiger partial charge in [-0.25, -0.2) is 0 Å². The van der Waals surface area contributed by atoms with Gasteiger partial charge in [-0.15, -0.1) is 11.3 Å². The van der Waals surface area contributed by atoms with Crippen molar-refractivity contribution < 1.29 is 13.2 Å². The highest BCUT2D eigenvalue weighted by Gasteiger charge is 2.39. The summed E-state index contributed by atoms with van der Waals surface area (Å²) in [4.78, 5) is 0.130. The topological polar surface area (TPSA) is 26.0 Å². The SMILES string of the molecule is Cc1csc(C(N)C(F)(F)F)c1Br. The van der Waals surface area contributed by atoms with Crippen LogP contribution in [0.5, 0.6) is 0 Å². The number of halogens is 4. The Kier molecular flexibility index (Phi) is 3.04. The zero-order valence-electron chi connectivity index (χ0n) is 6.65. The van der Waals surface area contributed by atoms with Gasteiger partial charge in [-0.3, -0.25) is 0 Å². The van der Waals surface area contributed by atoms with Gasteiger partial charge in [-0.2, -0.15) is 13.2 Å². The first-order chi connectivity index (χ1) is 5.84. The molecule has 0 spiro atoms. The van der Waals surface area contributed by atoms with Crippen LogP contribution in [0.4, 0.5) is 13.2 Å². The van der Waals surface area contributed by atoms with Crippen molar-refractivity contribution in [1.29, 1.82) is 0 Å². The molecule has 1 aromatic rings. The van der Waals surface area contributed by atoms with Crippen molar-refractivity contribution in [1.82, 2.24) is 0 Å². The second-order valence-corrected chi connectivity index (χ2v) is 4.32. The first kappa shape index (κ1) is 11.0. The Labute approximate surface area is 85.9 Å². The van der Waals surface area contributed by atoms with Gasteiger partial charge in [-0.1, -0.05) is 0 Å². The third kappa shape index (κ3) is 2.24. The number of hydrogen-bond acceptors (Lipinski definition) is 2. The van der Waals surface area contributed by atoms with E-state index in [0.29, 0.717) is 4.47 Å². The molecule has 0 radical (unpaired) electrons. The second kappa shape index (κ2) is 3.59. The summed E-state index contributed by atoms with van der Waals surface area (Å²) < 4.78 is 37.0. The van der Waals surface area contributed by atoms with E-state index in [4.69, 9.17) is 5.73 Å². The molecule has 0 aliphatic carbocycles. The number of aryl methyl sites for hydroxylation is 1. The Hall–Kier alpha value is -0.0700. The monoisotopic (exact) mass is 273 g/mol. The molecule has 0 aliphatic rings. The molecule has 1 unspecified atom stereocenters. The van der Waals surface area contributed by atoms with Crippen LogP contribution in [-0.4, -0.2) is 6.18 Å². The zero-order chi connectivity index (χ0) is 10.2. The highest BCUT2D eigenvalue weighted by Crippen LogP contribution is 2.39. The minimum atomic E-state index is -4.38. The molecule has 1 heterocycles. The summed E-state index contributed by atoms with van der Waals surface area (Å²) >= 11 is 4.09. The number of hydrogen-bond donors (Lipinski definition) is 1. The minimum Gasteiger partial charge on any atom is -0.316 e. The van der Waals surface area contributed by atoms with Crippen molar-refractivity contribution in [3.63, 3.8) is 0 Å². The highest BCUT2D eigenvalue weighted by molar-refractivity contribution is 9.10. The lowest BCUT2D eigenvalue weighted by atomic mass is 10.2. The van der Waals surface area contributed by atoms with Gasteiger partial charge in [0, 0.05) is 9.35 Å². The van der Waals surface area contributed by atoms with E-state index in [1.165, 1.54) is 0 Å². The summed E-state index contributed by atoms with van der Waals surface area (Å²) in [6.07, 6.45) is -4.38. The molecule has 74 valence electrons. The molecule has 0 fully saturated rings. The largest absolute Gasteiger partial charge is 0.408 e. The van der Waals surface area contributed by atoms with Crippen molar-refractivity contribution in [2.75, 3.05) is 0 Å². The van der Waals surface area contributed by atoms with Gasteiger partial charge < -0.3 is 5.73 Å².